The van der Waals surface area contributed by atoms with Gasteiger partial charge in [-0.3, -0.25) is 4.79 Å². The molecule has 1 amide bonds. The van der Waals surface area contributed by atoms with E-state index in [9.17, 15) is 13.2 Å². The molecule has 0 radical (unpaired) electrons. The largest absolute Gasteiger partial charge is 0.340 e. The lowest BCUT2D eigenvalue weighted by atomic mass is 10.2. The van der Waals surface area contributed by atoms with Crippen LogP contribution in [-0.2, 0) is 27.7 Å². The van der Waals surface area contributed by atoms with E-state index in [1.807, 2.05) is 38.3 Å². The van der Waals surface area contributed by atoms with Gasteiger partial charge in [-0.25, -0.2) is 13.4 Å². The molecule has 0 spiro atoms. The maximum Gasteiger partial charge on any atom is 0.243 e. The van der Waals surface area contributed by atoms with Gasteiger partial charge in [0.15, 0.2) is 0 Å². The normalized spacial score (nSPS) is 15.9. The van der Waals surface area contributed by atoms with Crippen molar-refractivity contribution >= 4 is 27.3 Å². The van der Waals surface area contributed by atoms with E-state index in [0.717, 1.165) is 28.2 Å². The van der Waals surface area contributed by atoms with Gasteiger partial charge >= 0.3 is 0 Å². The van der Waals surface area contributed by atoms with E-state index in [1.54, 1.807) is 22.3 Å². The van der Waals surface area contributed by atoms with Gasteiger partial charge in [-0.15, -0.1) is 11.3 Å². The summed E-state index contributed by atoms with van der Waals surface area (Å²) in [7, 11) is -3.53. The molecule has 0 N–H and O–H groups in total. The molecule has 1 saturated heterocycles. The minimum absolute atomic E-state index is 0.00603. The quantitative estimate of drug-likeness (QED) is 0.763. The van der Waals surface area contributed by atoms with E-state index in [4.69, 9.17) is 0 Å². The second-order valence-electron chi connectivity index (χ2n) is 6.82. The standard InChI is InChI=1S/C19H25N3O3S2/c1-4-18-20-16(13-26-18)12-19(23)21-7-9-22(10-8-21)27(24,25)17-6-5-14(2)11-15(17)3/h5-6,11,13H,4,7-10,12H2,1-3H3. The second-order valence-corrected chi connectivity index (χ2v) is 9.67. The summed E-state index contributed by atoms with van der Waals surface area (Å²) in [6, 6.07) is 5.37. The van der Waals surface area contributed by atoms with Crippen LogP contribution >= 0.6 is 11.3 Å². The molecule has 1 aliphatic rings. The molecule has 0 unspecified atom stereocenters. The molecule has 3 rings (SSSR count). The van der Waals surface area contributed by atoms with Crippen molar-refractivity contribution in [3.05, 3.63) is 45.4 Å². The van der Waals surface area contributed by atoms with Gasteiger partial charge in [0.25, 0.3) is 0 Å². The summed E-state index contributed by atoms with van der Waals surface area (Å²) in [4.78, 5) is 19.0. The zero-order chi connectivity index (χ0) is 19.6. The minimum atomic E-state index is -3.53. The van der Waals surface area contributed by atoms with Gasteiger partial charge in [0.1, 0.15) is 0 Å². The van der Waals surface area contributed by atoms with Crippen molar-refractivity contribution < 1.29 is 13.2 Å². The van der Waals surface area contributed by atoms with Crippen molar-refractivity contribution in [2.45, 2.75) is 38.5 Å². The van der Waals surface area contributed by atoms with Crippen molar-refractivity contribution in [1.29, 1.82) is 0 Å². The fourth-order valence-electron chi connectivity index (χ4n) is 3.26. The first-order chi connectivity index (χ1) is 12.8. The number of rotatable bonds is 5. The predicted octanol–water partition coefficient (Wildman–Crippen LogP) is 2.40. The summed E-state index contributed by atoms with van der Waals surface area (Å²) in [6.45, 7) is 7.26. The lowest BCUT2D eigenvalue weighted by Crippen LogP contribution is -2.51. The first-order valence-corrected chi connectivity index (χ1v) is 11.4. The van der Waals surface area contributed by atoms with Crippen molar-refractivity contribution in [2.75, 3.05) is 26.2 Å². The molecule has 0 bridgehead atoms. The van der Waals surface area contributed by atoms with Crippen molar-refractivity contribution in [3.8, 4) is 0 Å². The van der Waals surface area contributed by atoms with Crippen LogP contribution in [0.5, 0.6) is 0 Å². The number of amides is 1. The molecule has 27 heavy (non-hydrogen) atoms. The highest BCUT2D eigenvalue weighted by Crippen LogP contribution is 2.22. The number of carbonyl (C=O) groups is 1. The first-order valence-electron chi connectivity index (χ1n) is 9.09. The molecule has 8 heteroatoms. The molecule has 1 aromatic carbocycles. The van der Waals surface area contributed by atoms with Gasteiger partial charge in [-0.1, -0.05) is 24.6 Å². The Morgan fingerprint density at radius 3 is 2.48 bits per heavy atom. The number of benzene rings is 1. The topological polar surface area (TPSA) is 70.6 Å². The monoisotopic (exact) mass is 407 g/mol. The van der Waals surface area contributed by atoms with Gasteiger partial charge in [0, 0.05) is 31.6 Å². The van der Waals surface area contributed by atoms with Crippen LogP contribution in [0.1, 0.15) is 28.8 Å². The first kappa shape index (κ1) is 20.0. The molecule has 1 aromatic heterocycles. The number of piperazine rings is 1. The summed E-state index contributed by atoms with van der Waals surface area (Å²) in [5, 5.41) is 2.96. The fraction of sp³-hybridized carbons (Fsp3) is 0.474. The van der Waals surface area contributed by atoms with Crippen molar-refractivity contribution in [3.63, 3.8) is 0 Å². The van der Waals surface area contributed by atoms with Crippen LogP contribution in [0.4, 0.5) is 0 Å². The number of aromatic nitrogens is 1. The van der Waals surface area contributed by atoms with Crippen LogP contribution in [0, 0.1) is 13.8 Å². The lowest BCUT2D eigenvalue weighted by molar-refractivity contribution is -0.131. The Labute approximate surface area is 164 Å². The number of hydrogen-bond acceptors (Lipinski definition) is 5. The molecule has 6 nitrogen and oxygen atoms in total. The number of carbonyl (C=O) groups excluding carboxylic acids is 1. The Balaban J connectivity index is 1.63. The van der Waals surface area contributed by atoms with E-state index in [2.05, 4.69) is 4.98 Å². The van der Waals surface area contributed by atoms with Crippen LogP contribution in [0.15, 0.2) is 28.5 Å². The van der Waals surface area contributed by atoms with Gasteiger partial charge < -0.3 is 4.90 Å². The molecule has 0 aliphatic carbocycles. The molecule has 1 aliphatic heterocycles. The van der Waals surface area contributed by atoms with Gasteiger partial charge in [-0.2, -0.15) is 4.31 Å². The average molecular weight is 408 g/mol. The average Bonchev–Trinajstić information content (AvgIpc) is 3.09. The molecule has 146 valence electrons. The molecule has 1 fully saturated rings. The Hall–Kier alpha value is -1.77. The summed E-state index contributed by atoms with van der Waals surface area (Å²) in [6.07, 6.45) is 1.15. The van der Waals surface area contributed by atoms with Crippen LogP contribution in [-0.4, -0.2) is 54.7 Å². The van der Waals surface area contributed by atoms with E-state index >= 15 is 0 Å². The molecule has 0 atom stereocenters. The highest BCUT2D eigenvalue weighted by Gasteiger charge is 2.31. The number of sulfonamides is 1. The summed E-state index contributed by atoms with van der Waals surface area (Å²) >= 11 is 1.57. The zero-order valence-electron chi connectivity index (χ0n) is 15.9. The minimum Gasteiger partial charge on any atom is -0.340 e. The van der Waals surface area contributed by atoms with Crippen LogP contribution in [0.2, 0.25) is 0 Å². The highest BCUT2D eigenvalue weighted by molar-refractivity contribution is 7.89. The Kier molecular flexibility index (Phi) is 5.98. The molecular weight excluding hydrogens is 382 g/mol. The fourth-order valence-corrected chi connectivity index (χ4v) is 5.64. The third-order valence-electron chi connectivity index (χ3n) is 4.77. The smallest absolute Gasteiger partial charge is 0.243 e. The highest BCUT2D eigenvalue weighted by atomic mass is 32.2. The molecular formula is C19H25N3O3S2. The zero-order valence-corrected chi connectivity index (χ0v) is 17.6. The third-order valence-corrected chi connectivity index (χ3v) is 7.87. The van der Waals surface area contributed by atoms with Crippen molar-refractivity contribution in [1.82, 2.24) is 14.2 Å². The molecule has 0 saturated carbocycles. The Morgan fingerprint density at radius 2 is 1.89 bits per heavy atom. The maximum atomic E-state index is 12.9. The Morgan fingerprint density at radius 1 is 1.19 bits per heavy atom. The second kappa shape index (κ2) is 8.08. The van der Waals surface area contributed by atoms with Crippen LogP contribution in [0.25, 0.3) is 0 Å². The maximum absolute atomic E-state index is 12.9. The third kappa shape index (κ3) is 4.39. The summed E-state index contributed by atoms with van der Waals surface area (Å²) < 4.78 is 27.4. The Bertz CT molecular complexity index is 929. The predicted molar refractivity (Wildman–Crippen MR) is 106 cm³/mol. The van der Waals surface area contributed by atoms with Crippen LogP contribution in [0.3, 0.4) is 0 Å². The number of nitrogens with zero attached hydrogens (tertiary/aromatic N) is 3. The van der Waals surface area contributed by atoms with E-state index in [0.29, 0.717) is 31.1 Å². The summed E-state index contributed by atoms with van der Waals surface area (Å²) in [5.74, 6) is 0.00603. The van der Waals surface area contributed by atoms with Gasteiger partial charge in [-0.05, 0) is 31.9 Å². The number of aryl methyl sites for hydroxylation is 3. The number of thiazole rings is 1. The SMILES string of the molecule is CCc1nc(CC(=O)N2CCN(S(=O)(=O)c3ccc(C)cc3C)CC2)cs1. The van der Waals surface area contributed by atoms with E-state index in [1.165, 1.54) is 4.31 Å². The molecule has 2 aromatic rings. The summed E-state index contributed by atoms with van der Waals surface area (Å²) in [5.41, 5.74) is 2.59. The lowest BCUT2D eigenvalue weighted by Gasteiger charge is -2.34. The van der Waals surface area contributed by atoms with Gasteiger partial charge in [0.2, 0.25) is 15.9 Å². The van der Waals surface area contributed by atoms with Crippen LogP contribution < -0.4 is 0 Å². The van der Waals surface area contributed by atoms with E-state index in [-0.39, 0.29) is 12.3 Å². The number of hydrogen-bond donors (Lipinski definition) is 0. The van der Waals surface area contributed by atoms with Crippen molar-refractivity contribution in [2.24, 2.45) is 0 Å². The van der Waals surface area contributed by atoms with Gasteiger partial charge in [0.05, 0.1) is 22.0 Å². The van der Waals surface area contributed by atoms with E-state index < -0.39 is 10.0 Å². The molecule has 2 heterocycles.